The molecule has 0 fully saturated rings. The van der Waals surface area contributed by atoms with Gasteiger partial charge >= 0.3 is 0 Å². The Labute approximate surface area is 104 Å². The molecule has 1 aromatic heterocycles. The predicted octanol–water partition coefficient (Wildman–Crippen LogP) is 3.09. The topological polar surface area (TPSA) is 61.3 Å². The number of hydrogen-bond acceptors (Lipinski definition) is 4. The molecule has 0 saturated heterocycles. The molecule has 0 amide bonds. The molecular weight excluding hydrogens is 228 g/mol. The summed E-state index contributed by atoms with van der Waals surface area (Å²) in [4.78, 5) is 0. The molecule has 18 heavy (non-hydrogen) atoms. The number of anilines is 1. The number of rotatable bonds is 2. The normalized spacial score (nSPS) is 10.7. The molecule has 4 heteroatoms. The molecule has 0 spiro atoms. The second-order valence-electron chi connectivity index (χ2n) is 3.98. The van der Waals surface area contributed by atoms with Crippen molar-refractivity contribution in [3.63, 3.8) is 0 Å². The van der Waals surface area contributed by atoms with Crippen LogP contribution in [0.4, 0.5) is 5.88 Å². The summed E-state index contributed by atoms with van der Waals surface area (Å²) in [6.07, 6.45) is 0. The Morgan fingerprint density at radius 3 is 2.72 bits per heavy atom. The maximum Gasteiger partial charge on any atom is 0.222 e. The number of nitrogens with two attached hydrogens (primary N) is 1. The van der Waals surface area contributed by atoms with E-state index in [9.17, 15) is 0 Å². The second-order valence-corrected chi connectivity index (χ2v) is 3.98. The highest BCUT2D eigenvalue weighted by Crippen LogP contribution is 2.36. The van der Waals surface area contributed by atoms with Gasteiger partial charge in [0.2, 0.25) is 5.88 Å². The van der Waals surface area contributed by atoms with Crippen LogP contribution in [0.2, 0.25) is 0 Å². The van der Waals surface area contributed by atoms with Gasteiger partial charge in [-0.05, 0) is 16.8 Å². The molecule has 4 nitrogen and oxygen atoms in total. The van der Waals surface area contributed by atoms with Gasteiger partial charge in [0.25, 0.3) is 0 Å². The summed E-state index contributed by atoms with van der Waals surface area (Å²) >= 11 is 0. The Kier molecular flexibility index (Phi) is 2.41. The van der Waals surface area contributed by atoms with Crippen LogP contribution in [0.15, 0.2) is 47.0 Å². The number of ether oxygens (including phenoxy) is 1. The van der Waals surface area contributed by atoms with Gasteiger partial charge in [0, 0.05) is 6.07 Å². The molecule has 0 aliphatic carbocycles. The number of nitrogen functional groups attached to an aromatic ring is 1. The summed E-state index contributed by atoms with van der Waals surface area (Å²) in [5.74, 6) is 1.04. The molecule has 0 unspecified atom stereocenters. The minimum absolute atomic E-state index is 0.292. The second kappa shape index (κ2) is 4.07. The number of hydrogen-bond donors (Lipinski definition) is 1. The van der Waals surface area contributed by atoms with Gasteiger partial charge in [-0.2, -0.15) is 0 Å². The molecule has 0 bridgehead atoms. The van der Waals surface area contributed by atoms with E-state index in [2.05, 4.69) is 5.16 Å². The molecule has 90 valence electrons. The van der Waals surface area contributed by atoms with E-state index in [4.69, 9.17) is 15.0 Å². The summed E-state index contributed by atoms with van der Waals surface area (Å²) < 4.78 is 10.3. The highest BCUT2D eigenvalue weighted by molar-refractivity contribution is 5.99. The van der Waals surface area contributed by atoms with Crippen molar-refractivity contribution in [3.8, 4) is 17.0 Å². The van der Waals surface area contributed by atoms with Crippen LogP contribution in [-0.2, 0) is 0 Å². The van der Waals surface area contributed by atoms with Crippen molar-refractivity contribution in [1.82, 2.24) is 5.16 Å². The zero-order chi connectivity index (χ0) is 12.5. The predicted molar refractivity (Wildman–Crippen MR) is 70.4 cm³/mol. The van der Waals surface area contributed by atoms with Gasteiger partial charge in [-0.15, -0.1) is 0 Å². The Bertz CT molecular complexity index is 704. The maximum atomic E-state index is 5.58. The van der Waals surface area contributed by atoms with Crippen molar-refractivity contribution >= 4 is 16.7 Å². The summed E-state index contributed by atoms with van der Waals surface area (Å²) in [6.45, 7) is 0. The summed E-state index contributed by atoms with van der Waals surface area (Å²) in [5.41, 5.74) is 7.16. The highest BCUT2D eigenvalue weighted by Gasteiger charge is 2.14. The SMILES string of the molecule is COc1ccc2ccccc2c1-c1cc(N)on1. The average molecular weight is 240 g/mol. The van der Waals surface area contributed by atoms with E-state index in [-0.39, 0.29) is 0 Å². The lowest BCUT2D eigenvalue weighted by atomic mass is 10.0. The number of benzene rings is 2. The lowest BCUT2D eigenvalue weighted by molar-refractivity contribution is 0.414. The largest absolute Gasteiger partial charge is 0.496 e. The molecule has 3 rings (SSSR count). The fourth-order valence-electron chi connectivity index (χ4n) is 2.09. The Morgan fingerprint density at radius 2 is 2.00 bits per heavy atom. The first-order chi connectivity index (χ1) is 8.79. The van der Waals surface area contributed by atoms with Crippen LogP contribution in [0.5, 0.6) is 5.75 Å². The van der Waals surface area contributed by atoms with Crippen LogP contribution in [0.25, 0.3) is 22.0 Å². The van der Waals surface area contributed by atoms with E-state index in [0.717, 1.165) is 22.1 Å². The van der Waals surface area contributed by atoms with Crippen molar-refractivity contribution in [2.75, 3.05) is 12.8 Å². The lowest BCUT2D eigenvalue weighted by Gasteiger charge is -2.09. The van der Waals surface area contributed by atoms with Crippen molar-refractivity contribution in [2.45, 2.75) is 0 Å². The molecule has 0 aliphatic heterocycles. The van der Waals surface area contributed by atoms with Gasteiger partial charge in [0.1, 0.15) is 11.4 Å². The van der Waals surface area contributed by atoms with Gasteiger partial charge in [-0.25, -0.2) is 0 Å². The van der Waals surface area contributed by atoms with Gasteiger partial charge in [0.15, 0.2) is 0 Å². The van der Waals surface area contributed by atoms with E-state index in [1.54, 1.807) is 13.2 Å². The minimum Gasteiger partial charge on any atom is -0.496 e. The summed E-state index contributed by atoms with van der Waals surface area (Å²) in [6, 6.07) is 13.7. The standard InChI is InChI=1S/C14H12N2O2/c1-17-12-7-6-9-4-2-3-5-10(9)14(12)11-8-13(15)18-16-11/h2-8H,15H2,1H3. The van der Waals surface area contributed by atoms with Crippen molar-refractivity contribution in [1.29, 1.82) is 0 Å². The van der Waals surface area contributed by atoms with E-state index in [1.165, 1.54) is 0 Å². The molecule has 0 saturated carbocycles. The Morgan fingerprint density at radius 1 is 1.17 bits per heavy atom. The maximum absolute atomic E-state index is 5.58. The van der Waals surface area contributed by atoms with Crippen LogP contribution in [0.3, 0.4) is 0 Å². The molecule has 1 heterocycles. The first-order valence-electron chi connectivity index (χ1n) is 5.58. The van der Waals surface area contributed by atoms with Crippen LogP contribution in [-0.4, -0.2) is 12.3 Å². The summed E-state index contributed by atoms with van der Waals surface area (Å²) in [7, 11) is 1.64. The number of fused-ring (bicyclic) bond motifs is 1. The smallest absolute Gasteiger partial charge is 0.222 e. The van der Waals surface area contributed by atoms with E-state index in [0.29, 0.717) is 11.6 Å². The molecular formula is C14H12N2O2. The Hall–Kier alpha value is -2.49. The Balaban J connectivity index is 2.37. The van der Waals surface area contributed by atoms with E-state index < -0.39 is 0 Å². The third kappa shape index (κ3) is 1.59. The van der Waals surface area contributed by atoms with E-state index >= 15 is 0 Å². The molecule has 0 atom stereocenters. The number of methoxy groups -OCH3 is 1. The molecule has 0 radical (unpaired) electrons. The van der Waals surface area contributed by atoms with Crippen LogP contribution >= 0.6 is 0 Å². The lowest BCUT2D eigenvalue weighted by Crippen LogP contribution is -1.89. The van der Waals surface area contributed by atoms with Gasteiger partial charge in [0.05, 0.1) is 12.7 Å². The van der Waals surface area contributed by atoms with Gasteiger partial charge in [-0.3, -0.25) is 0 Å². The van der Waals surface area contributed by atoms with Crippen LogP contribution in [0, 0.1) is 0 Å². The quantitative estimate of drug-likeness (QED) is 0.747. The van der Waals surface area contributed by atoms with E-state index in [1.807, 2.05) is 36.4 Å². The number of nitrogens with zero attached hydrogens (tertiary/aromatic N) is 1. The van der Waals surface area contributed by atoms with Gasteiger partial charge in [-0.1, -0.05) is 35.5 Å². The van der Waals surface area contributed by atoms with Crippen LogP contribution in [0.1, 0.15) is 0 Å². The first-order valence-corrected chi connectivity index (χ1v) is 5.58. The van der Waals surface area contributed by atoms with Crippen LogP contribution < -0.4 is 10.5 Å². The monoisotopic (exact) mass is 240 g/mol. The molecule has 3 aromatic rings. The van der Waals surface area contributed by atoms with Crippen molar-refractivity contribution in [2.24, 2.45) is 0 Å². The average Bonchev–Trinajstić information content (AvgIpc) is 2.83. The zero-order valence-corrected chi connectivity index (χ0v) is 9.88. The minimum atomic E-state index is 0.292. The molecule has 0 aliphatic rings. The number of aromatic nitrogens is 1. The summed E-state index contributed by atoms with van der Waals surface area (Å²) in [5, 5.41) is 6.15. The van der Waals surface area contributed by atoms with Crippen molar-refractivity contribution < 1.29 is 9.26 Å². The fourth-order valence-corrected chi connectivity index (χ4v) is 2.09. The third-order valence-electron chi connectivity index (χ3n) is 2.90. The fraction of sp³-hybridized carbons (Fsp3) is 0.0714. The molecule has 2 N–H and O–H groups in total. The van der Waals surface area contributed by atoms with Crippen molar-refractivity contribution in [3.05, 3.63) is 42.5 Å². The first kappa shape index (κ1) is 10.7. The zero-order valence-electron chi connectivity index (χ0n) is 9.88. The third-order valence-corrected chi connectivity index (χ3v) is 2.90. The van der Waals surface area contributed by atoms with Gasteiger partial charge < -0.3 is 15.0 Å². The highest BCUT2D eigenvalue weighted by atomic mass is 16.5. The molecule has 2 aromatic carbocycles.